The highest BCUT2D eigenvalue weighted by atomic mass is 16.5. The summed E-state index contributed by atoms with van der Waals surface area (Å²) in [7, 11) is 1.75. The number of ether oxygens (including phenoxy) is 1. The van der Waals surface area contributed by atoms with Crippen LogP contribution in [-0.2, 0) is 4.74 Å². The van der Waals surface area contributed by atoms with Gasteiger partial charge in [0, 0.05) is 20.2 Å². The maximum absolute atomic E-state index is 5.57. The van der Waals surface area contributed by atoms with Crippen molar-refractivity contribution in [2.24, 2.45) is 11.7 Å². The molecule has 1 fully saturated rings. The average molecular weight is 158 g/mol. The Hall–Kier alpha value is -0.120. The van der Waals surface area contributed by atoms with E-state index in [0.717, 1.165) is 25.6 Å². The number of nitrogens with zero attached hydrogens (tertiary/aromatic N) is 1. The maximum Gasteiger partial charge on any atom is 0.0589 e. The first-order valence-electron chi connectivity index (χ1n) is 4.28. The van der Waals surface area contributed by atoms with Crippen molar-refractivity contribution < 1.29 is 4.74 Å². The molecule has 0 radical (unpaired) electrons. The van der Waals surface area contributed by atoms with Crippen molar-refractivity contribution in [1.29, 1.82) is 0 Å². The Morgan fingerprint density at radius 2 is 2.45 bits per heavy atom. The Balaban J connectivity index is 2.09. The predicted octanol–water partition coefficient (Wildman–Crippen LogP) is -0.0866. The van der Waals surface area contributed by atoms with E-state index in [4.69, 9.17) is 10.5 Å². The molecule has 0 aliphatic carbocycles. The smallest absolute Gasteiger partial charge is 0.0589 e. The molecule has 1 heterocycles. The first-order chi connectivity index (χ1) is 5.36. The molecule has 0 aromatic heterocycles. The minimum absolute atomic E-state index is 0.729. The van der Waals surface area contributed by atoms with E-state index < -0.39 is 0 Å². The molecule has 3 heteroatoms. The van der Waals surface area contributed by atoms with Crippen LogP contribution < -0.4 is 5.73 Å². The second-order valence-electron chi connectivity index (χ2n) is 3.18. The molecule has 0 aromatic rings. The summed E-state index contributed by atoms with van der Waals surface area (Å²) >= 11 is 0. The molecule has 1 atom stereocenters. The molecule has 1 aliphatic rings. The number of rotatable bonds is 4. The van der Waals surface area contributed by atoms with Crippen molar-refractivity contribution in [3.05, 3.63) is 0 Å². The second kappa shape index (κ2) is 4.70. The first-order valence-corrected chi connectivity index (χ1v) is 4.28. The van der Waals surface area contributed by atoms with E-state index in [2.05, 4.69) is 4.90 Å². The largest absolute Gasteiger partial charge is 0.383 e. The summed E-state index contributed by atoms with van der Waals surface area (Å²) in [5, 5.41) is 0. The standard InChI is InChI=1S/C8H18N2O/c1-11-5-4-10-3-2-8(6-9)7-10/h8H,2-7,9H2,1H3. The Morgan fingerprint density at radius 1 is 1.64 bits per heavy atom. The Morgan fingerprint density at radius 3 is 3.00 bits per heavy atom. The van der Waals surface area contributed by atoms with Gasteiger partial charge in [0.15, 0.2) is 0 Å². The lowest BCUT2D eigenvalue weighted by molar-refractivity contribution is 0.159. The van der Waals surface area contributed by atoms with Gasteiger partial charge < -0.3 is 15.4 Å². The molecule has 11 heavy (non-hydrogen) atoms. The summed E-state index contributed by atoms with van der Waals surface area (Å²) in [6.07, 6.45) is 1.26. The monoisotopic (exact) mass is 158 g/mol. The van der Waals surface area contributed by atoms with Gasteiger partial charge in [0.2, 0.25) is 0 Å². The number of hydrogen-bond acceptors (Lipinski definition) is 3. The van der Waals surface area contributed by atoms with E-state index in [9.17, 15) is 0 Å². The third kappa shape index (κ3) is 2.77. The van der Waals surface area contributed by atoms with Crippen LogP contribution in [0.15, 0.2) is 0 Å². The molecule has 66 valence electrons. The number of likely N-dealkylation sites (tertiary alicyclic amines) is 1. The molecule has 1 unspecified atom stereocenters. The molecule has 1 rings (SSSR count). The summed E-state index contributed by atoms with van der Waals surface area (Å²) < 4.78 is 5.00. The molecule has 0 aromatic carbocycles. The Labute approximate surface area is 68.5 Å². The zero-order valence-electron chi connectivity index (χ0n) is 7.25. The van der Waals surface area contributed by atoms with Crippen molar-refractivity contribution >= 4 is 0 Å². The van der Waals surface area contributed by atoms with E-state index in [-0.39, 0.29) is 0 Å². The van der Waals surface area contributed by atoms with E-state index >= 15 is 0 Å². The van der Waals surface area contributed by atoms with E-state index in [1.54, 1.807) is 7.11 Å². The van der Waals surface area contributed by atoms with Crippen molar-refractivity contribution in [1.82, 2.24) is 4.90 Å². The first kappa shape index (κ1) is 8.97. The molecule has 0 bridgehead atoms. The fourth-order valence-electron chi connectivity index (χ4n) is 1.53. The molecule has 1 aliphatic heterocycles. The molecular formula is C8H18N2O. The highest BCUT2D eigenvalue weighted by molar-refractivity contribution is 4.75. The van der Waals surface area contributed by atoms with E-state index in [1.165, 1.54) is 19.5 Å². The number of methoxy groups -OCH3 is 1. The highest BCUT2D eigenvalue weighted by Crippen LogP contribution is 2.13. The van der Waals surface area contributed by atoms with E-state index in [0.29, 0.717) is 0 Å². The molecule has 2 N–H and O–H groups in total. The summed E-state index contributed by atoms with van der Waals surface area (Å²) in [4.78, 5) is 2.42. The molecule has 0 saturated carbocycles. The van der Waals surface area contributed by atoms with Gasteiger partial charge in [-0.25, -0.2) is 0 Å². The van der Waals surface area contributed by atoms with Gasteiger partial charge in [-0.15, -0.1) is 0 Å². The van der Waals surface area contributed by atoms with Gasteiger partial charge in [0.05, 0.1) is 6.61 Å². The normalized spacial score (nSPS) is 26.2. The van der Waals surface area contributed by atoms with Crippen LogP contribution in [0.5, 0.6) is 0 Å². The van der Waals surface area contributed by atoms with E-state index in [1.807, 2.05) is 0 Å². The van der Waals surface area contributed by atoms with Crippen LogP contribution >= 0.6 is 0 Å². The molecule has 3 nitrogen and oxygen atoms in total. The summed E-state index contributed by atoms with van der Waals surface area (Å²) in [5.41, 5.74) is 5.57. The SMILES string of the molecule is COCCN1CCC(CN)C1. The van der Waals surface area contributed by atoms with Crippen molar-refractivity contribution in [2.75, 3.05) is 39.9 Å². The second-order valence-corrected chi connectivity index (χ2v) is 3.18. The van der Waals surface area contributed by atoms with Gasteiger partial charge in [-0.1, -0.05) is 0 Å². The van der Waals surface area contributed by atoms with Crippen molar-refractivity contribution in [2.45, 2.75) is 6.42 Å². The number of nitrogens with two attached hydrogens (primary N) is 1. The topological polar surface area (TPSA) is 38.5 Å². The van der Waals surface area contributed by atoms with Gasteiger partial charge >= 0.3 is 0 Å². The number of hydrogen-bond donors (Lipinski definition) is 1. The Bertz CT molecular complexity index is 108. The minimum Gasteiger partial charge on any atom is -0.383 e. The van der Waals surface area contributed by atoms with Gasteiger partial charge in [-0.3, -0.25) is 0 Å². The minimum atomic E-state index is 0.729. The van der Waals surface area contributed by atoms with Gasteiger partial charge in [0.1, 0.15) is 0 Å². The van der Waals surface area contributed by atoms with Gasteiger partial charge in [0.25, 0.3) is 0 Å². The Kier molecular flexibility index (Phi) is 3.83. The van der Waals surface area contributed by atoms with Crippen LogP contribution in [0.2, 0.25) is 0 Å². The zero-order chi connectivity index (χ0) is 8.10. The summed E-state index contributed by atoms with van der Waals surface area (Å²) in [6, 6.07) is 0. The van der Waals surface area contributed by atoms with Crippen LogP contribution in [0, 0.1) is 5.92 Å². The molecular weight excluding hydrogens is 140 g/mol. The summed E-state index contributed by atoms with van der Waals surface area (Å²) in [6.45, 7) is 5.11. The summed E-state index contributed by atoms with van der Waals surface area (Å²) in [5.74, 6) is 0.729. The third-order valence-corrected chi connectivity index (χ3v) is 2.31. The quantitative estimate of drug-likeness (QED) is 0.621. The van der Waals surface area contributed by atoms with Crippen LogP contribution in [0.1, 0.15) is 6.42 Å². The molecule has 1 saturated heterocycles. The van der Waals surface area contributed by atoms with Gasteiger partial charge in [-0.05, 0) is 25.4 Å². The van der Waals surface area contributed by atoms with Crippen molar-refractivity contribution in [3.63, 3.8) is 0 Å². The highest BCUT2D eigenvalue weighted by Gasteiger charge is 2.19. The lowest BCUT2D eigenvalue weighted by atomic mass is 10.1. The van der Waals surface area contributed by atoms with Crippen LogP contribution in [-0.4, -0.2) is 44.8 Å². The molecule has 0 amide bonds. The third-order valence-electron chi connectivity index (χ3n) is 2.31. The molecule has 0 spiro atoms. The lowest BCUT2D eigenvalue weighted by Gasteiger charge is -2.14. The van der Waals surface area contributed by atoms with Gasteiger partial charge in [-0.2, -0.15) is 0 Å². The average Bonchev–Trinajstić information content (AvgIpc) is 2.48. The predicted molar refractivity (Wildman–Crippen MR) is 45.5 cm³/mol. The maximum atomic E-state index is 5.57. The van der Waals surface area contributed by atoms with Crippen LogP contribution in [0.3, 0.4) is 0 Å². The van der Waals surface area contributed by atoms with Crippen LogP contribution in [0.4, 0.5) is 0 Å². The lowest BCUT2D eigenvalue weighted by Crippen LogP contribution is -2.26. The van der Waals surface area contributed by atoms with Crippen LogP contribution in [0.25, 0.3) is 0 Å². The zero-order valence-corrected chi connectivity index (χ0v) is 7.25. The fraction of sp³-hybridized carbons (Fsp3) is 1.00. The van der Waals surface area contributed by atoms with Crippen molar-refractivity contribution in [3.8, 4) is 0 Å². The fourth-order valence-corrected chi connectivity index (χ4v) is 1.53.